The average Bonchev–Trinajstić information content (AvgIpc) is 2.53. The van der Waals surface area contributed by atoms with Crippen LogP contribution in [0.2, 0.25) is 0 Å². The number of benzene rings is 1. The average molecular weight is 294 g/mol. The molecule has 3 rings (SSSR count). The molecule has 1 atom stereocenters. The molecule has 0 saturated heterocycles. The molecule has 0 unspecified atom stereocenters. The van der Waals surface area contributed by atoms with E-state index >= 15 is 0 Å². The van der Waals surface area contributed by atoms with Crippen molar-refractivity contribution in [3.05, 3.63) is 58.7 Å². The number of hydrogen-bond acceptors (Lipinski definition) is 4. The lowest BCUT2D eigenvalue weighted by Gasteiger charge is -2.30. The lowest BCUT2D eigenvalue weighted by Crippen LogP contribution is -2.28. The number of allylic oxidation sites excluding steroid dienone is 3. The van der Waals surface area contributed by atoms with Crippen molar-refractivity contribution in [2.24, 2.45) is 11.7 Å². The van der Waals surface area contributed by atoms with E-state index in [0.29, 0.717) is 29.7 Å². The summed E-state index contributed by atoms with van der Waals surface area (Å²) in [6, 6.07) is 12.2. The molecular weight excluding hydrogens is 276 g/mol. The second-order valence-electron chi connectivity index (χ2n) is 5.68. The van der Waals surface area contributed by atoms with Crippen LogP contribution in [-0.4, -0.2) is 5.78 Å². The number of rotatable bonds is 3. The van der Waals surface area contributed by atoms with E-state index in [-0.39, 0.29) is 17.6 Å². The second kappa shape index (κ2) is 6.07. The van der Waals surface area contributed by atoms with E-state index in [9.17, 15) is 10.1 Å². The number of hydrogen-bond donors (Lipinski definition) is 1. The van der Waals surface area contributed by atoms with Gasteiger partial charge in [-0.3, -0.25) is 4.79 Å². The third kappa shape index (κ3) is 2.62. The first-order chi connectivity index (χ1) is 10.7. The van der Waals surface area contributed by atoms with Crippen molar-refractivity contribution in [3.8, 4) is 6.07 Å². The van der Waals surface area contributed by atoms with E-state index in [1.54, 1.807) is 0 Å². The minimum atomic E-state index is -0.234. The van der Waals surface area contributed by atoms with Crippen molar-refractivity contribution >= 4 is 5.78 Å². The largest absolute Gasteiger partial charge is 0.444 e. The van der Waals surface area contributed by atoms with Gasteiger partial charge in [0, 0.05) is 24.3 Å². The fourth-order valence-electron chi connectivity index (χ4n) is 3.21. The third-order valence-electron chi connectivity index (χ3n) is 4.29. The fourth-order valence-corrected chi connectivity index (χ4v) is 3.21. The van der Waals surface area contributed by atoms with Crippen LogP contribution in [0.1, 0.15) is 31.2 Å². The van der Waals surface area contributed by atoms with Crippen LogP contribution in [0, 0.1) is 17.2 Å². The summed E-state index contributed by atoms with van der Waals surface area (Å²) in [5.74, 6) is 0.696. The first-order valence-electron chi connectivity index (χ1n) is 7.58. The highest BCUT2D eigenvalue weighted by atomic mass is 16.5. The smallest absolute Gasteiger partial charge is 0.204 e. The standard InChI is InChI=1S/C18H18N2O2/c19-11-14-13(10-9-12-5-2-1-3-6-12)17-15(21)7-4-8-16(17)22-18(14)20/h1-3,5-6,13H,4,7-10,20H2/t13-/m1/s1. The minimum absolute atomic E-state index is 0.0968. The van der Waals surface area contributed by atoms with Crippen LogP contribution in [0.3, 0.4) is 0 Å². The van der Waals surface area contributed by atoms with E-state index in [4.69, 9.17) is 10.5 Å². The number of nitrogens with zero attached hydrogens (tertiary/aromatic N) is 1. The van der Waals surface area contributed by atoms with Crippen molar-refractivity contribution in [1.29, 1.82) is 5.26 Å². The Morgan fingerprint density at radius 1 is 1.27 bits per heavy atom. The minimum Gasteiger partial charge on any atom is -0.444 e. The highest BCUT2D eigenvalue weighted by Gasteiger charge is 2.36. The Labute approximate surface area is 129 Å². The Bertz CT molecular complexity index is 696. The maximum atomic E-state index is 12.3. The quantitative estimate of drug-likeness (QED) is 0.929. The molecule has 4 nitrogen and oxygen atoms in total. The third-order valence-corrected chi connectivity index (χ3v) is 4.29. The van der Waals surface area contributed by atoms with Gasteiger partial charge in [0.25, 0.3) is 0 Å². The number of carbonyl (C=O) groups excluding carboxylic acids is 1. The van der Waals surface area contributed by atoms with Gasteiger partial charge in [-0.05, 0) is 24.8 Å². The number of ketones is 1. The molecule has 0 fully saturated rings. The van der Waals surface area contributed by atoms with Crippen molar-refractivity contribution in [2.45, 2.75) is 32.1 Å². The topological polar surface area (TPSA) is 76.1 Å². The van der Waals surface area contributed by atoms with Gasteiger partial charge in [0.1, 0.15) is 11.8 Å². The number of carbonyl (C=O) groups is 1. The Morgan fingerprint density at radius 2 is 2.05 bits per heavy atom. The van der Waals surface area contributed by atoms with E-state index in [1.165, 1.54) is 5.56 Å². The molecule has 0 saturated carbocycles. The summed E-state index contributed by atoms with van der Waals surface area (Å²) in [5, 5.41) is 9.40. The molecule has 1 aliphatic carbocycles. The van der Waals surface area contributed by atoms with Crippen LogP contribution in [0.4, 0.5) is 0 Å². The van der Waals surface area contributed by atoms with Crippen LogP contribution in [0.15, 0.2) is 53.1 Å². The molecule has 2 aliphatic rings. The Balaban J connectivity index is 1.89. The van der Waals surface area contributed by atoms with Crippen molar-refractivity contribution in [2.75, 3.05) is 0 Å². The molecule has 4 heteroatoms. The summed E-state index contributed by atoms with van der Waals surface area (Å²) in [4.78, 5) is 12.3. The maximum Gasteiger partial charge on any atom is 0.204 e. The van der Waals surface area contributed by atoms with Gasteiger partial charge in [0.05, 0.1) is 5.57 Å². The molecular formula is C18H18N2O2. The van der Waals surface area contributed by atoms with Gasteiger partial charge >= 0.3 is 0 Å². The van der Waals surface area contributed by atoms with E-state index < -0.39 is 0 Å². The van der Waals surface area contributed by atoms with Crippen molar-refractivity contribution < 1.29 is 9.53 Å². The SMILES string of the molecule is N#CC1=C(N)OC2=C(C(=O)CCC2)[C@@H]1CCc1ccccc1. The number of Topliss-reactive ketones (excluding diaryl/α,β-unsaturated/α-hetero) is 1. The number of nitriles is 1. The van der Waals surface area contributed by atoms with E-state index in [0.717, 1.165) is 19.3 Å². The van der Waals surface area contributed by atoms with Crippen molar-refractivity contribution in [3.63, 3.8) is 0 Å². The first kappa shape index (κ1) is 14.4. The summed E-state index contributed by atoms with van der Waals surface area (Å²) >= 11 is 0. The molecule has 2 N–H and O–H groups in total. The first-order valence-corrected chi connectivity index (χ1v) is 7.58. The molecule has 0 bridgehead atoms. The lowest BCUT2D eigenvalue weighted by molar-refractivity contribution is -0.117. The van der Waals surface area contributed by atoms with Crippen LogP contribution < -0.4 is 5.73 Å². The summed E-state index contributed by atoms with van der Waals surface area (Å²) in [6.45, 7) is 0. The zero-order valence-electron chi connectivity index (χ0n) is 12.3. The van der Waals surface area contributed by atoms with Crippen LogP contribution >= 0.6 is 0 Å². The van der Waals surface area contributed by atoms with Gasteiger partial charge in [-0.25, -0.2) is 0 Å². The van der Waals surface area contributed by atoms with E-state index in [1.807, 2.05) is 18.2 Å². The molecule has 1 aromatic carbocycles. The zero-order valence-corrected chi connectivity index (χ0v) is 12.3. The van der Waals surface area contributed by atoms with Gasteiger partial charge in [-0.2, -0.15) is 5.26 Å². The molecule has 1 heterocycles. The Hall–Kier alpha value is -2.54. The lowest BCUT2D eigenvalue weighted by atomic mass is 9.78. The number of ether oxygens (including phenoxy) is 1. The van der Waals surface area contributed by atoms with Gasteiger partial charge in [0.15, 0.2) is 5.78 Å². The predicted molar refractivity (Wildman–Crippen MR) is 82.0 cm³/mol. The molecule has 1 aliphatic heterocycles. The molecule has 0 amide bonds. The molecule has 22 heavy (non-hydrogen) atoms. The number of aryl methyl sites for hydroxylation is 1. The highest BCUT2D eigenvalue weighted by molar-refractivity contribution is 5.98. The highest BCUT2D eigenvalue weighted by Crippen LogP contribution is 2.39. The molecule has 0 spiro atoms. The Kier molecular flexibility index (Phi) is 3.97. The van der Waals surface area contributed by atoms with Gasteiger partial charge in [-0.15, -0.1) is 0 Å². The molecule has 112 valence electrons. The zero-order chi connectivity index (χ0) is 15.5. The molecule has 0 aromatic heterocycles. The normalized spacial score (nSPS) is 21.2. The summed E-state index contributed by atoms with van der Waals surface area (Å²) in [5.41, 5.74) is 8.15. The summed E-state index contributed by atoms with van der Waals surface area (Å²) in [7, 11) is 0. The summed E-state index contributed by atoms with van der Waals surface area (Å²) < 4.78 is 5.54. The predicted octanol–water partition coefficient (Wildman–Crippen LogP) is 2.97. The summed E-state index contributed by atoms with van der Waals surface area (Å²) in [6.07, 6.45) is 3.54. The molecule has 1 aromatic rings. The second-order valence-corrected chi connectivity index (χ2v) is 5.68. The van der Waals surface area contributed by atoms with Crippen LogP contribution in [0.5, 0.6) is 0 Å². The fraction of sp³-hybridized carbons (Fsp3) is 0.333. The van der Waals surface area contributed by atoms with Crippen molar-refractivity contribution in [1.82, 2.24) is 0 Å². The molecule has 0 radical (unpaired) electrons. The van der Waals surface area contributed by atoms with Crippen LogP contribution in [0.25, 0.3) is 0 Å². The van der Waals surface area contributed by atoms with Gasteiger partial charge in [0.2, 0.25) is 5.88 Å². The monoisotopic (exact) mass is 294 g/mol. The maximum absolute atomic E-state index is 12.3. The van der Waals surface area contributed by atoms with E-state index in [2.05, 4.69) is 18.2 Å². The Morgan fingerprint density at radius 3 is 2.77 bits per heavy atom. The van der Waals surface area contributed by atoms with Gasteiger partial charge in [-0.1, -0.05) is 30.3 Å². The van der Waals surface area contributed by atoms with Gasteiger partial charge < -0.3 is 10.5 Å². The van der Waals surface area contributed by atoms with Crippen LogP contribution in [-0.2, 0) is 16.0 Å². The number of nitrogens with two attached hydrogens (primary N) is 1.